The zero-order valence-corrected chi connectivity index (χ0v) is 15.8. The van der Waals surface area contributed by atoms with Crippen LogP contribution in [0.25, 0.3) is 17.5 Å². The van der Waals surface area contributed by atoms with Crippen molar-refractivity contribution in [3.63, 3.8) is 0 Å². The van der Waals surface area contributed by atoms with Gasteiger partial charge in [-0.05, 0) is 49.5 Å². The summed E-state index contributed by atoms with van der Waals surface area (Å²) in [5.74, 6) is -0.0881. The van der Waals surface area contributed by atoms with E-state index in [0.29, 0.717) is 13.1 Å². The van der Waals surface area contributed by atoms with Crippen molar-refractivity contribution < 1.29 is 4.79 Å². The average molecular weight is 372 g/mol. The van der Waals surface area contributed by atoms with Crippen molar-refractivity contribution in [3.8, 4) is 11.4 Å². The van der Waals surface area contributed by atoms with E-state index in [2.05, 4.69) is 15.0 Å². The van der Waals surface area contributed by atoms with Crippen LogP contribution in [0.1, 0.15) is 29.7 Å². The number of rotatable bonds is 6. The molecule has 1 aromatic carbocycles. The third-order valence-corrected chi connectivity index (χ3v) is 5.01. The molecule has 0 unspecified atom stereocenters. The zero-order chi connectivity index (χ0) is 19.2. The minimum atomic E-state index is -0.0881. The molecule has 5 heteroatoms. The topological polar surface area (TPSA) is 59.8 Å². The van der Waals surface area contributed by atoms with Crippen molar-refractivity contribution in [1.82, 2.24) is 20.1 Å². The molecule has 0 spiro atoms. The number of benzene rings is 1. The van der Waals surface area contributed by atoms with E-state index < -0.39 is 0 Å². The quantitative estimate of drug-likeness (QED) is 0.672. The van der Waals surface area contributed by atoms with E-state index in [9.17, 15) is 4.79 Å². The second-order valence-electron chi connectivity index (χ2n) is 6.95. The molecule has 0 saturated heterocycles. The molecule has 1 aliphatic carbocycles. The summed E-state index contributed by atoms with van der Waals surface area (Å²) in [5, 5.41) is 7.79. The summed E-state index contributed by atoms with van der Waals surface area (Å²) in [7, 11) is 0. The van der Waals surface area contributed by atoms with Gasteiger partial charge in [0.25, 0.3) is 0 Å². The molecule has 28 heavy (non-hydrogen) atoms. The van der Waals surface area contributed by atoms with E-state index in [-0.39, 0.29) is 5.91 Å². The Balaban J connectivity index is 1.42. The lowest BCUT2D eigenvalue weighted by Gasteiger charge is -2.14. The molecule has 1 amide bonds. The van der Waals surface area contributed by atoms with Crippen LogP contribution in [0, 0.1) is 0 Å². The highest BCUT2D eigenvalue weighted by Gasteiger charge is 2.22. The highest BCUT2D eigenvalue weighted by Crippen LogP contribution is 2.30. The van der Waals surface area contributed by atoms with Crippen molar-refractivity contribution >= 4 is 12.0 Å². The van der Waals surface area contributed by atoms with E-state index in [0.717, 1.165) is 29.8 Å². The van der Waals surface area contributed by atoms with Crippen LogP contribution in [0.15, 0.2) is 60.8 Å². The van der Waals surface area contributed by atoms with Gasteiger partial charge in [0.15, 0.2) is 0 Å². The van der Waals surface area contributed by atoms with E-state index in [1.807, 2.05) is 60.8 Å². The van der Waals surface area contributed by atoms with Gasteiger partial charge < -0.3 is 5.32 Å². The molecule has 0 fully saturated rings. The lowest BCUT2D eigenvalue weighted by atomic mass is 9.95. The van der Waals surface area contributed by atoms with Crippen molar-refractivity contribution in [1.29, 1.82) is 0 Å². The number of hydrogen-bond donors (Lipinski definition) is 1. The lowest BCUT2D eigenvalue weighted by Crippen LogP contribution is -2.26. The van der Waals surface area contributed by atoms with Gasteiger partial charge in [-0.15, -0.1) is 0 Å². The van der Waals surface area contributed by atoms with E-state index in [1.165, 1.54) is 24.1 Å². The number of hydrogen-bond acceptors (Lipinski definition) is 3. The third kappa shape index (κ3) is 4.19. The zero-order valence-electron chi connectivity index (χ0n) is 15.8. The largest absolute Gasteiger partial charge is 0.351 e. The number of nitrogens with zero attached hydrogens (tertiary/aromatic N) is 3. The highest BCUT2D eigenvalue weighted by atomic mass is 16.1. The number of carbonyl (C=O) groups excluding carboxylic acids is 1. The minimum absolute atomic E-state index is 0.0881. The molecule has 2 heterocycles. The summed E-state index contributed by atoms with van der Waals surface area (Å²) in [4.78, 5) is 16.6. The van der Waals surface area contributed by atoms with Crippen LogP contribution in [0.2, 0.25) is 0 Å². The molecule has 4 rings (SSSR count). The number of fused-ring (bicyclic) bond motifs is 1. The third-order valence-electron chi connectivity index (χ3n) is 5.01. The van der Waals surface area contributed by atoms with Gasteiger partial charge in [-0.1, -0.05) is 36.4 Å². The molecule has 1 N–H and O–H groups in total. The fourth-order valence-electron chi connectivity index (χ4n) is 3.64. The average Bonchev–Trinajstić information content (AvgIpc) is 3.12. The fraction of sp³-hybridized carbons (Fsp3) is 0.261. The van der Waals surface area contributed by atoms with Gasteiger partial charge in [0.05, 0.1) is 12.2 Å². The van der Waals surface area contributed by atoms with E-state index in [1.54, 1.807) is 6.08 Å². The standard InChI is InChI=1S/C23H24N4O/c28-22(14-13-18-8-2-1-3-9-18)25-16-17-27-21-12-5-4-10-19(21)23(26-27)20-11-6-7-15-24-20/h1-3,6-9,11,13-15H,4-5,10,12,16-17H2,(H,25,28)/b14-13+. The second-order valence-corrected chi connectivity index (χ2v) is 6.95. The predicted molar refractivity (Wildman–Crippen MR) is 111 cm³/mol. The van der Waals surface area contributed by atoms with Crippen LogP contribution < -0.4 is 5.32 Å². The summed E-state index contributed by atoms with van der Waals surface area (Å²) >= 11 is 0. The predicted octanol–water partition coefficient (Wildman–Crippen LogP) is 3.65. The Labute approximate surface area is 165 Å². The molecule has 0 saturated carbocycles. The Morgan fingerprint density at radius 1 is 1.07 bits per heavy atom. The molecule has 3 aromatic rings. The molecule has 0 aliphatic heterocycles. The lowest BCUT2D eigenvalue weighted by molar-refractivity contribution is -0.116. The molecular weight excluding hydrogens is 348 g/mol. The van der Waals surface area contributed by atoms with Gasteiger partial charge in [-0.25, -0.2) is 0 Å². The first kappa shape index (κ1) is 18.2. The summed E-state index contributed by atoms with van der Waals surface area (Å²) < 4.78 is 2.06. The number of nitrogens with one attached hydrogen (secondary N) is 1. The molecule has 142 valence electrons. The molecule has 1 aliphatic rings. The van der Waals surface area contributed by atoms with Crippen LogP contribution in [-0.4, -0.2) is 27.2 Å². The first-order valence-electron chi connectivity index (χ1n) is 9.82. The fourth-order valence-corrected chi connectivity index (χ4v) is 3.64. The van der Waals surface area contributed by atoms with Crippen LogP contribution >= 0.6 is 0 Å². The Bertz CT molecular complexity index is 961. The number of amides is 1. The van der Waals surface area contributed by atoms with Crippen molar-refractivity contribution in [2.24, 2.45) is 0 Å². The molecule has 0 bridgehead atoms. The summed E-state index contributed by atoms with van der Waals surface area (Å²) in [5.41, 5.74) is 5.54. The maximum atomic E-state index is 12.1. The van der Waals surface area contributed by atoms with E-state index in [4.69, 9.17) is 5.10 Å². The Morgan fingerprint density at radius 3 is 2.71 bits per heavy atom. The van der Waals surface area contributed by atoms with Crippen LogP contribution in [0.3, 0.4) is 0 Å². The molecule has 5 nitrogen and oxygen atoms in total. The molecule has 0 atom stereocenters. The van der Waals surface area contributed by atoms with Gasteiger partial charge in [0.2, 0.25) is 5.91 Å². The van der Waals surface area contributed by atoms with Gasteiger partial charge in [-0.2, -0.15) is 5.10 Å². The summed E-state index contributed by atoms with van der Waals surface area (Å²) in [6, 6.07) is 15.7. The van der Waals surface area contributed by atoms with Crippen molar-refractivity contribution in [2.45, 2.75) is 32.2 Å². The highest BCUT2D eigenvalue weighted by molar-refractivity contribution is 5.91. The van der Waals surface area contributed by atoms with Gasteiger partial charge in [-0.3, -0.25) is 14.5 Å². The molecular formula is C23H24N4O. The van der Waals surface area contributed by atoms with Crippen LogP contribution in [0.5, 0.6) is 0 Å². The second kappa shape index (κ2) is 8.65. The summed E-state index contributed by atoms with van der Waals surface area (Å²) in [6.07, 6.45) is 9.68. The maximum Gasteiger partial charge on any atom is 0.244 e. The minimum Gasteiger partial charge on any atom is -0.351 e. The smallest absolute Gasteiger partial charge is 0.244 e. The monoisotopic (exact) mass is 372 g/mol. The Hall–Kier alpha value is -3.21. The van der Waals surface area contributed by atoms with Gasteiger partial charge in [0.1, 0.15) is 5.69 Å². The Morgan fingerprint density at radius 2 is 1.89 bits per heavy atom. The normalized spacial score (nSPS) is 13.4. The van der Waals surface area contributed by atoms with Crippen LogP contribution in [0.4, 0.5) is 0 Å². The number of aromatic nitrogens is 3. The molecule has 2 aromatic heterocycles. The van der Waals surface area contributed by atoms with Crippen molar-refractivity contribution in [3.05, 3.63) is 77.6 Å². The number of carbonyl (C=O) groups is 1. The SMILES string of the molecule is O=C(/C=C/c1ccccc1)NCCn1nc(-c2ccccn2)c2c1CCCC2. The van der Waals surface area contributed by atoms with Gasteiger partial charge in [0, 0.05) is 30.1 Å². The van der Waals surface area contributed by atoms with Gasteiger partial charge >= 0.3 is 0 Å². The first-order chi connectivity index (χ1) is 13.8. The number of pyridine rings is 1. The van der Waals surface area contributed by atoms with E-state index >= 15 is 0 Å². The van der Waals surface area contributed by atoms with Crippen molar-refractivity contribution in [2.75, 3.05) is 6.54 Å². The Kier molecular flexibility index (Phi) is 5.61. The molecule has 0 radical (unpaired) electrons. The maximum absolute atomic E-state index is 12.1. The summed E-state index contributed by atoms with van der Waals surface area (Å²) in [6.45, 7) is 1.22. The van der Waals surface area contributed by atoms with Crippen LogP contribution in [-0.2, 0) is 24.2 Å². The first-order valence-corrected chi connectivity index (χ1v) is 9.82.